The zero-order valence-electron chi connectivity index (χ0n) is 6.72. The van der Waals surface area contributed by atoms with Crippen LogP contribution in [-0.2, 0) is 0 Å². The average molecular weight is 127 g/mol. The summed E-state index contributed by atoms with van der Waals surface area (Å²) >= 11 is 0. The summed E-state index contributed by atoms with van der Waals surface area (Å²) in [5.41, 5.74) is 0. The predicted molar refractivity (Wildman–Crippen MR) is 40.5 cm³/mol. The molecule has 1 rings (SSSR count). The van der Waals surface area contributed by atoms with Crippen molar-refractivity contribution in [1.29, 1.82) is 0 Å². The van der Waals surface area contributed by atoms with Crippen LogP contribution in [0.15, 0.2) is 0 Å². The molecule has 1 aliphatic heterocycles. The molecule has 0 radical (unpaired) electrons. The fourth-order valence-electron chi connectivity index (χ4n) is 1.84. The molecule has 0 aromatic carbocycles. The molecule has 0 aliphatic carbocycles. The molecule has 0 spiro atoms. The summed E-state index contributed by atoms with van der Waals surface area (Å²) in [6.07, 6.45) is 2.73. The van der Waals surface area contributed by atoms with E-state index >= 15 is 0 Å². The van der Waals surface area contributed by atoms with Crippen LogP contribution >= 0.6 is 0 Å². The molecule has 0 aromatic heterocycles. The zero-order chi connectivity index (χ0) is 6.85. The Kier molecular flexibility index (Phi) is 2.12. The summed E-state index contributed by atoms with van der Waals surface area (Å²) in [4.78, 5) is 2.48. The lowest BCUT2D eigenvalue weighted by atomic mass is 10.1. The quantitative estimate of drug-likeness (QED) is 0.518. The molecule has 1 aliphatic rings. The highest BCUT2D eigenvalue weighted by Crippen LogP contribution is 2.22. The van der Waals surface area contributed by atoms with Gasteiger partial charge in [-0.25, -0.2) is 0 Å². The standard InChI is InChI=1S/C8H17N/c1-4-8-5-7(2)6-9(8)3/h7-8H,4-6H2,1-3H3/t7-,8?/m0/s1. The van der Waals surface area contributed by atoms with Gasteiger partial charge >= 0.3 is 0 Å². The Balaban J connectivity index is 2.38. The van der Waals surface area contributed by atoms with E-state index < -0.39 is 0 Å². The first-order chi connectivity index (χ1) is 4.24. The molecule has 1 heterocycles. The second-order valence-corrected chi connectivity index (χ2v) is 3.34. The van der Waals surface area contributed by atoms with Crippen LogP contribution < -0.4 is 0 Å². The van der Waals surface area contributed by atoms with Crippen LogP contribution in [0.2, 0.25) is 0 Å². The van der Waals surface area contributed by atoms with E-state index in [4.69, 9.17) is 0 Å². The molecule has 1 heteroatoms. The van der Waals surface area contributed by atoms with Crippen LogP contribution in [0, 0.1) is 5.92 Å². The number of hydrogen-bond donors (Lipinski definition) is 0. The molecule has 0 N–H and O–H groups in total. The van der Waals surface area contributed by atoms with Crippen molar-refractivity contribution in [2.24, 2.45) is 5.92 Å². The second-order valence-electron chi connectivity index (χ2n) is 3.34. The van der Waals surface area contributed by atoms with Gasteiger partial charge in [0.25, 0.3) is 0 Å². The van der Waals surface area contributed by atoms with Crippen LogP contribution in [0.5, 0.6) is 0 Å². The van der Waals surface area contributed by atoms with E-state index in [1.165, 1.54) is 19.4 Å². The van der Waals surface area contributed by atoms with E-state index in [2.05, 4.69) is 25.8 Å². The first-order valence-electron chi connectivity index (χ1n) is 3.94. The number of nitrogens with zero attached hydrogens (tertiary/aromatic N) is 1. The Morgan fingerprint density at radius 2 is 2.22 bits per heavy atom. The fourth-order valence-corrected chi connectivity index (χ4v) is 1.84. The minimum Gasteiger partial charge on any atom is -0.303 e. The highest BCUT2D eigenvalue weighted by Gasteiger charge is 2.24. The van der Waals surface area contributed by atoms with Crippen LogP contribution in [-0.4, -0.2) is 24.5 Å². The topological polar surface area (TPSA) is 3.24 Å². The van der Waals surface area contributed by atoms with Crippen molar-refractivity contribution < 1.29 is 0 Å². The van der Waals surface area contributed by atoms with Crippen LogP contribution in [0.3, 0.4) is 0 Å². The maximum Gasteiger partial charge on any atom is 0.00927 e. The maximum atomic E-state index is 2.48. The molecule has 1 nitrogen and oxygen atoms in total. The van der Waals surface area contributed by atoms with Crippen molar-refractivity contribution in [2.45, 2.75) is 32.7 Å². The molecule has 0 saturated carbocycles. The van der Waals surface area contributed by atoms with Gasteiger partial charge in [-0.2, -0.15) is 0 Å². The van der Waals surface area contributed by atoms with Gasteiger partial charge in [-0.3, -0.25) is 0 Å². The lowest BCUT2D eigenvalue weighted by Gasteiger charge is -2.16. The summed E-state index contributed by atoms with van der Waals surface area (Å²) in [7, 11) is 2.23. The Morgan fingerprint density at radius 1 is 1.56 bits per heavy atom. The molecular formula is C8H17N. The van der Waals surface area contributed by atoms with Crippen molar-refractivity contribution in [3.05, 3.63) is 0 Å². The van der Waals surface area contributed by atoms with E-state index in [9.17, 15) is 0 Å². The lowest BCUT2D eigenvalue weighted by Crippen LogP contribution is -2.23. The van der Waals surface area contributed by atoms with Gasteiger partial charge in [0.05, 0.1) is 0 Å². The Labute approximate surface area is 58.0 Å². The summed E-state index contributed by atoms with van der Waals surface area (Å²) in [5.74, 6) is 0.931. The highest BCUT2D eigenvalue weighted by atomic mass is 15.1. The summed E-state index contributed by atoms with van der Waals surface area (Å²) in [6.45, 7) is 5.92. The highest BCUT2D eigenvalue weighted by molar-refractivity contribution is 4.79. The number of likely N-dealkylation sites (tertiary alicyclic amines) is 1. The van der Waals surface area contributed by atoms with Crippen LogP contribution in [0.1, 0.15) is 26.7 Å². The second kappa shape index (κ2) is 2.70. The van der Waals surface area contributed by atoms with Crippen LogP contribution in [0.25, 0.3) is 0 Å². The molecular weight excluding hydrogens is 110 g/mol. The van der Waals surface area contributed by atoms with Crippen molar-refractivity contribution >= 4 is 0 Å². The van der Waals surface area contributed by atoms with Gasteiger partial charge < -0.3 is 4.90 Å². The van der Waals surface area contributed by atoms with E-state index in [-0.39, 0.29) is 0 Å². The zero-order valence-corrected chi connectivity index (χ0v) is 6.72. The third-order valence-electron chi connectivity index (χ3n) is 2.37. The normalized spacial score (nSPS) is 37.7. The molecule has 54 valence electrons. The lowest BCUT2D eigenvalue weighted by molar-refractivity contribution is 0.302. The minimum absolute atomic E-state index is 0.875. The summed E-state index contributed by atoms with van der Waals surface area (Å²) < 4.78 is 0. The fraction of sp³-hybridized carbons (Fsp3) is 1.00. The average Bonchev–Trinajstić information content (AvgIpc) is 2.10. The van der Waals surface area contributed by atoms with Gasteiger partial charge in [-0.1, -0.05) is 13.8 Å². The Bertz CT molecular complexity index is 90.6. The molecule has 1 fully saturated rings. The Morgan fingerprint density at radius 3 is 2.44 bits per heavy atom. The van der Waals surface area contributed by atoms with E-state index in [0.717, 1.165) is 12.0 Å². The predicted octanol–water partition coefficient (Wildman–Crippen LogP) is 1.74. The van der Waals surface area contributed by atoms with E-state index in [1.54, 1.807) is 0 Å². The van der Waals surface area contributed by atoms with Crippen molar-refractivity contribution in [3.63, 3.8) is 0 Å². The van der Waals surface area contributed by atoms with Gasteiger partial charge in [0.2, 0.25) is 0 Å². The third kappa shape index (κ3) is 1.45. The number of rotatable bonds is 1. The van der Waals surface area contributed by atoms with Crippen LogP contribution in [0.4, 0.5) is 0 Å². The SMILES string of the molecule is CCC1C[C@H](C)CN1C. The molecule has 2 atom stereocenters. The Hall–Kier alpha value is -0.0400. The smallest absolute Gasteiger partial charge is 0.00927 e. The van der Waals surface area contributed by atoms with Gasteiger partial charge in [0, 0.05) is 12.6 Å². The van der Waals surface area contributed by atoms with Gasteiger partial charge in [-0.15, -0.1) is 0 Å². The largest absolute Gasteiger partial charge is 0.303 e. The number of hydrogen-bond acceptors (Lipinski definition) is 1. The summed E-state index contributed by atoms with van der Waals surface area (Å²) in [6, 6.07) is 0.875. The summed E-state index contributed by atoms with van der Waals surface area (Å²) in [5, 5.41) is 0. The van der Waals surface area contributed by atoms with E-state index in [1.807, 2.05) is 0 Å². The minimum atomic E-state index is 0.875. The van der Waals surface area contributed by atoms with Gasteiger partial charge in [0.15, 0.2) is 0 Å². The maximum absolute atomic E-state index is 2.48. The molecule has 0 amide bonds. The first kappa shape index (κ1) is 7.07. The first-order valence-corrected chi connectivity index (χ1v) is 3.94. The monoisotopic (exact) mass is 127 g/mol. The van der Waals surface area contributed by atoms with Crippen molar-refractivity contribution in [2.75, 3.05) is 13.6 Å². The third-order valence-corrected chi connectivity index (χ3v) is 2.37. The van der Waals surface area contributed by atoms with E-state index in [0.29, 0.717) is 0 Å². The molecule has 0 bridgehead atoms. The van der Waals surface area contributed by atoms with Gasteiger partial charge in [0.1, 0.15) is 0 Å². The molecule has 1 unspecified atom stereocenters. The van der Waals surface area contributed by atoms with Crippen molar-refractivity contribution in [3.8, 4) is 0 Å². The van der Waals surface area contributed by atoms with Crippen molar-refractivity contribution in [1.82, 2.24) is 4.90 Å². The van der Waals surface area contributed by atoms with Gasteiger partial charge in [-0.05, 0) is 25.8 Å². The molecule has 9 heavy (non-hydrogen) atoms. The molecule has 0 aromatic rings. The molecule has 1 saturated heterocycles.